The smallest absolute Gasteiger partial charge is 0.407 e. The molecule has 1 saturated carbocycles. The van der Waals surface area contributed by atoms with E-state index in [1.807, 2.05) is 30.3 Å². The van der Waals surface area contributed by atoms with Crippen LogP contribution in [0.1, 0.15) is 37.7 Å². The van der Waals surface area contributed by atoms with E-state index >= 15 is 0 Å². The zero-order valence-electron chi connectivity index (χ0n) is 27.2. The number of nitrogens with one attached hydrogen (secondary N) is 1. The Morgan fingerprint density at radius 1 is 1.00 bits per heavy atom. The number of aliphatic hydroxyl groups is 1. The third kappa shape index (κ3) is 9.24. The fourth-order valence-electron chi connectivity index (χ4n) is 6.60. The molecule has 0 bridgehead atoms. The summed E-state index contributed by atoms with van der Waals surface area (Å²) in [4.78, 5) is 21.5. The van der Waals surface area contributed by atoms with Crippen LogP contribution in [0, 0.1) is 5.92 Å². The van der Waals surface area contributed by atoms with Crippen LogP contribution in [-0.4, -0.2) is 119 Å². The Morgan fingerprint density at radius 3 is 2.50 bits per heavy atom. The Kier molecular flexibility index (Phi) is 12.2. The van der Waals surface area contributed by atoms with Crippen molar-refractivity contribution in [3.8, 4) is 5.75 Å². The van der Waals surface area contributed by atoms with Gasteiger partial charge in [-0.05, 0) is 55.5 Å². The van der Waals surface area contributed by atoms with Gasteiger partial charge in [0.1, 0.15) is 18.5 Å². The maximum Gasteiger partial charge on any atom is 0.407 e. The Morgan fingerprint density at radius 2 is 1.75 bits per heavy atom. The minimum absolute atomic E-state index is 0.00905. The van der Waals surface area contributed by atoms with Gasteiger partial charge in [0, 0.05) is 19.6 Å². The first-order chi connectivity index (χ1) is 23.3. The number of amides is 1. The molecule has 3 aliphatic heterocycles. The average molecular weight is 690 g/mol. The van der Waals surface area contributed by atoms with Crippen molar-refractivity contribution in [1.29, 1.82) is 0 Å². The van der Waals surface area contributed by atoms with Crippen LogP contribution in [0.15, 0.2) is 59.5 Å². The second kappa shape index (κ2) is 16.7. The number of aliphatic hydroxyl groups excluding tert-OH is 1. The lowest BCUT2D eigenvalue weighted by Crippen LogP contribution is -2.51. The van der Waals surface area contributed by atoms with Gasteiger partial charge < -0.3 is 34.1 Å². The van der Waals surface area contributed by atoms with Crippen LogP contribution in [0.25, 0.3) is 0 Å². The third-order valence-corrected chi connectivity index (χ3v) is 11.0. The molecule has 2 N–H and O–H groups in total. The predicted molar refractivity (Wildman–Crippen MR) is 174 cm³/mol. The van der Waals surface area contributed by atoms with Crippen molar-refractivity contribution in [2.45, 2.75) is 74.1 Å². The zero-order valence-corrected chi connectivity index (χ0v) is 28.0. The maximum atomic E-state index is 14.0. The first kappa shape index (κ1) is 35.0. The summed E-state index contributed by atoms with van der Waals surface area (Å²) < 4.78 is 57.0. The summed E-state index contributed by atoms with van der Waals surface area (Å²) in [6, 6.07) is 14.7. The van der Waals surface area contributed by atoms with Gasteiger partial charge in [0.15, 0.2) is 6.29 Å². The number of hydroxylamine groups is 1. The van der Waals surface area contributed by atoms with Crippen molar-refractivity contribution in [1.82, 2.24) is 14.7 Å². The maximum absolute atomic E-state index is 14.0. The van der Waals surface area contributed by atoms with E-state index in [9.17, 15) is 18.3 Å². The van der Waals surface area contributed by atoms with Gasteiger partial charge in [0.2, 0.25) is 0 Å². The number of morpholine rings is 1. The van der Waals surface area contributed by atoms with Crippen molar-refractivity contribution >= 4 is 16.1 Å². The Labute approximate surface area is 282 Å². The number of nitrogens with zero attached hydrogens (tertiary/aromatic N) is 2. The van der Waals surface area contributed by atoms with Gasteiger partial charge in [-0.15, -0.1) is 0 Å². The van der Waals surface area contributed by atoms with Crippen LogP contribution in [-0.2, 0) is 40.2 Å². The highest BCUT2D eigenvalue weighted by Gasteiger charge is 2.44. The van der Waals surface area contributed by atoms with E-state index in [2.05, 4.69) is 10.2 Å². The number of sulfonamides is 1. The minimum atomic E-state index is -4.20. The van der Waals surface area contributed by atoms with Gasteiger partial charge in [-0.3, -0.25) is 9.74 Å². The highest BCUT2D eigenvalue weighted by atomic mass is 32.2. The Balaban J connectivity index is 1.13. The Bertz CT molecular complexity index is 1400. The average Bonchev–Trinajstić information content (AvgIpc) is 3.87. The minimum Gasteiger partial charge on any atom is -0.492 e. The standard InChI is InChI=1S/C34H47N3O10S/c38-31(30(22-25-6-2-1-3-7-25)35-34(39)46-32-24-45-33-29(32)14-18-44-33)23-37(47-27-8-4-5-9-27)48(40,41)28-12-10-26(11-13-28)43-21-17-36-15-19-42-20-16-36/h1-3,6-7,10-13,27,29-33,38H,4-5,8-9,14-24H2,(H,35,39)/t29?,30-,31+,32+,33?/m0/s1. The van der Waals surface area contributed by atoms with E-state index in [4.69, 9.17) is 28.5 Å². The second-order valence-electron chi connectivity index (χ2n) is 12.8. The molecule has 4 fully saturated rings. The molecular weight excluding hydrogens is 642 g/mol. The van der Waals surface area contributed by atoms with E-state index in [0.29, 0.717) is 45.0 Å². The highest BCUT2D eigenvalue weighted by molar-refractivity contribution is 7.89. The lowest BCUT2D eigenvalue weighted by atomic mass is 10.0. The Hall–Kier alpha value is -2.82. The third-order valence-electron chi connectivity index (χ3n) is 9.38. The fraction of sp³-hybridized carbons (Fsp3) is 0.618. The molecule has 1 amide bonds. The molecule has 0 aromatic heterocycles. The summed E-state index contributed by atoms with van der Waals surface area (Å²) in [5.74, 6) is 0.509. The molecule has 13 nitrogen and oxygen atoms in total. The van der Waals surface area contributed by atoms with E-state index < -0.39 is 40.9 Å². The van der Waals surface area contributed by atoms with E-state index in [0.717, 1.165) is 48.9 Å². The molecule has 2 aromatic rings. The molecule has 48 heavy (non-hydrogen) atoms. The molecule has 4 aliphatic rings. The lowest BCUT2D eigenvalue weighted by Gasteiger charge is -2.31. The number of ether oxygens (including phenoxy) is 5. The van der Waals surface area contributed by atoms with Crippen LogP contribution >= 0.6 is 0 Å². The van der Waals surface area contributed by atoms with E-state index in [1.165, 1.54) is 12.1 Å². The molecule has 2 aromatic carbocycles. The summed E-state index contributed by atoms with van der Waals surface area (Å²) in [5.41, 5.74) is 0.852. The number of fused-ring (bicyclic) bond motifs is 1. The normalized spacial score (nSPS) is 24.8. The predicted octanol–water partition coefficient (Wildman–Crippen LogP) is 2.72. The molecule has 6 rings (SSSR count). The van der Waals surface area contributed by atoms with Crippen molar-refractivity contribution in [2.75, 3.05) is 59.2 Å². The van der Waals surface area contributed by atoms with Crippen LogP contribution in [0.2, 0.25) is 0 Å². The molecule has 5 atom stereocenters. The molecule has 0 radical (unpaired) electrons. The fourth-order valence-corrected chi connectivity index (χ4v) is 7.90. The highest BCUT2D eigenvalue weighted by Crippen LogP contribution is 2.33. The number of carbonyl (C=O) groups is 1. The number of carbonyl (C=O) groups excluding carboxylic acids is 1. The van der Waals surface area contributed by atoms with Crippen molar-refractivity contribution < 1.29 is 46.8 Å². The SMILES string of the molecule is O=C(N[C@@H](Cc1ccccc1)[C@H](O)CN(OC1CCCC1)S(=O)(=O)c1ccc(OCCN2CCOCC2)cc1)O[C@@H]1COC2OCCC21. The number of rotatable bonds is 15. The molecule has 1 aliphatic carbocycles. The van der Waals surface area contributed by atoms with Gasteiger partial charge in [-0.2, -0.15) is 0 Å². The largest absolute Gasteiger partial charge is 0.492 e. The van der Waals surface area contributed by atoms with Crippen LogP contribution < -0.4 is 10.1 Å². The number of hydrogen-bond donors (Lipinski definition) is 2. The van der Waals surface area contributed by atoms with Crippen LogP contribution in [0.4, 0.5) is 4.79 Å². The summed E-state index contributed by atoms with van der Waals surface area (Å²) in [6.07, 6.45) is 1.05. The summed E-state index contributed by atoms with van der Waals surface area (Å²) in [6.45, 7) is 4.72. The number of benzene rings is 2. The zero-order chi connectivity index (χ0) is 33.3. The second-order valence-corrected chi connectivity index (χ2v) is 14.6. The van der Waals surface area contributed by atoms with Gasteiger partial charge in [-0.1, -0.05) is 47.6 Å². The quantitative estimate of drug-likeness (QED) is 0.266. The lowest BCUT2D eigenvalue weighted by molar-refractivity contribution is -0.145. The van der Waals surface area contributed by atoms with Crippen molar-refractivity contribution in [3.05, 3.63) is 60.2 Å². The molecule has 0 spiro atoms. The summed E-state index contributed by atoms with van der Waals surface area (Å²) in [5, 5.41) is 14.4. The van der Waals surface area contributed by atoms with Crippen molar-refractivity contribution in [3.63, 3.8) is 0 Å². The molecule has 3 heterocycles. The number of hydrogen-bond acceptors (Lipinski definition) is 11. The molecule has 264 valence electrons. The van der Waals surface area contributed by atoms with Gasteiger partial charge in [0.25, 0.3) is 10.0 Å². The first-order valence-electron chi connectivity index (χ1n) is 17.0. The van der Waals surface area contributed by atoms with Crippen LogP contribution in [0.5, 0.6) is 5.75 Å². The molecule has 3 saturated heterocycles. The van der Waals surface area contributed by atoms with Gasteiger partial charge in [-0.25, -0.2) is 13.2 Å². The molecule has 14 heteroatoms. The van der Waals surface area contributed by atoms with Crippen molar-refractivity contribution in [2.24, 2.45) is 5.92 Å². The number of alkyl carbamates (subject to hydrolysis) is 1. The first-order valence-corrected chi connectivity index (χ1v) is 18.4. The topological polar surface area (TPSA) is 145 Å². The summed E-state index contributed by atoms with van der Waals surface area (Å²) in [7, 11) is -4.20. The van der Waals surface area contributed by atoms with Gasteiger partial charge >= 0.3 is 6.09 Å². The van der Waals surface area contributed by atoms with E-state index in [-0.39, 0.29) is 36.2 Å². The molecule has 2 unspecified atom stereocenters. The summed E-state index contributed by atoms with van der Waals surface area (Å²) >= 11 is 0. The molecular formula is C34H47N3O10S. The van der Waals surface area contributed by atoms with Gasteiger partial charge in [0.05, 0.1) is 62.0 Å². The van der Waals surface area contributed by atoms with E-state index in [1.54, 1.807) is 12.1 Å². The van der Waals surface area contributed by atoms with Crippen LogP contribution in [0.3, 0.4) is 0 Å². The monoisotopic (exact) mass is 689 g/mol.